The molecule has 0 unspecified atom stereocenters. The Labute approximate surface area is 120 Å². The lowest BCUT2D eigenvalue weighted by Gasteiger charge is -2.09. The lowest BCUT2D eigenvalue weighted by Crippen LogP contribution is -2.15. The van der Waals surface area contributed by atoms with Crippen molar-refractivity contribution < 1.29 is 4.79 Å². The van der Waals surface area contributed by atoms with E-state index in [1.807, 2.05) is 38.1 Å². The van der Waals surface area contributed by atoms with E-state index in [2.05, 4.69) is 30.4 Å². The molecule has 0 aliphatic heterocycles. The highest BCUT2D eigenvalue weighted by Crippen LogP contribution is 2.14. The molecule has 20 heavy (non-hydrogen) atoms. The van der Waals surface area contributed by atoms with E-state index in [4.69, 9.17) is 0 Å². The van der Waals surface area contributed by atoms with Crippen LogP contribution >= 0.6 is 0 Å². The molecule has 1 amide bonds. The first-order valence-corrected chi connectivity index (χ1v) is 7.03. The Balaban J connectivity index is 2.03. The van der Waals surface area contributed by atoms with Crippen LogP contribution in [0, 0.1) is 13.8 Å². The average Bonchev–Trinajstić information content (AvgIpc) is 2.43. The monoisotopic (exact) mass is 267 g/mol. The van der Waals surface area contributed by atoms with Gasteiger partial charge >= 0.3 is 0 Å². The van der Waals surface area contributed by atoms with E-state index in [0.29, 0.717) is 6.42 Å². The van der Waals surface area contributed by atoms with Gasteiger partial charge in [0.2, 0.25) is 5.91 Å². The summed E-state index contributed by atoms with van der Waals surface area (Å²) < 4.78 is 0. The number of anilines is 1. The number of hydrogen-bond acceptors (Lipinski definition) is 1. The predicted molar refractivity (Wildman–Crippen MR) is 84.1 cm³/mol. The van der Waals surface area contributed by atoms with E-state index in [1.165, 1.54) is 11.1 Å². The minimum absolute atomic E-state index is 0.0305. The zero-order valence-electron chi connectivity index (χ0n) is 12.4. The zero-order chi connectivity index (χ0) is 14.5. The van der Waals surface area contributed by atoms with Gasteiger partial charge in [-0.3, -0.25) is 4.79 Å². The SMILES string of the molecule is CCc1ccc(NC(=O)Cc2cc(C)ccc2C)cc1. The molecule has 0 aliphatic carbocycles. The fourth-order valence-electron chi connectivity index (χ4n) is 2.19. The molecule has 2 rings (SSSR count). The second kappa shape index (κ2) is 6.38. The van der Waals surface area contributed by atoms with Crippen LogP contribution in [-0.2, 0) is 17.6 Å². The number of hydrogen-bond donors (Lipinski definition) is 1. The van der Waals surface area contributed by atoms with Crippen molar-refractivity contribution in [3.63, 3.8) is 0 Å². The lowest BCUT2D eigenvalue weighted by molar-refractivity contribution is -0.115. The van der Waals surface area contributed by atoms with E-state index in [9.17, 15) is 4.79 Å². The summed E-state index contributed by atoms with van der Waals surface area (Å²) >= 11 is 0. The van der Waals surface area contributed by atoms with Gasteiger partial charge in [0.15, 0.2) is 0 Å². The molecule has 104 valence electrons. The highest BCUT2D eigenvalue weighted by atomic mass is 16.1. The third-order valence-electron chi connectivity index (χ3n) is 3.50. The van der Waals surface area contributed by atoms with Crippen LogP contribution in [0.15, 0.2) is 42.5 Å². The molecular weight excluding hydrogens is 246 g/mol. The minimum Gasteiger partial charge on any atom is -0.326 e. The van der Waals surface area contributed by atoms with Gasteiger partial charge < -0.3 is 5.32 Å². The lowest BCUT2D eigenvalue weighted by atomic mass is 10.0. The first kappa shape index (κ1) is 14.3. The summed E-state index contributed by atoms with van der Waals surface area (Å²) in [5, 5.41) is 2.95. The van der Waals surface area contributed by atoms with E-state index in [-0.39, 0.29) is 5.91 Å². The molecule has 0 saturated heterocycles. The molecule has 0 aliphatic rings. The predicted octanol–water partition coefficient (Wildman–Crippen LogP) is 4.05. The smallest absolute Gasteiger partial charge is 0.228 e. The highest BCUT2D eigenvalue weighted by molar-refractivity contribution is 5.92. The standard InChI is InChI=1S/C18H21NO/c1-4-15-7-9-17(10-8-15)19-18(20)12-16-11-13(2)5-6-14(16)3/h5-11H,4,12H2,1-3H3,(H,19,20). The molecule has 2 heteroatoms. The van der Waals surface area contributed by atoms with Crippen LogP contribution in [0.25, 0.3) is 0 Å². The van der Waals surface area contributed by atoms with E-state index in [1.54, 1.807) is 0 Å². The fraction of sp³-hybridized carbons (Fsp3) is 0.278. The topological polar surface area (TPSA) is 29.1 Å². The summed E-state index contributed by atoms with van der Waals surface area (Å²) in [5.41, 5.74) is 5.57. The first-order chi connectivity index (χ1) is 9.58. The van der Waals surface area contributed by atoms with Crippen LogP contribution in [0.1, 0.15) is 29.2 Å². The number of rotatable bonds is 4. The Morgan fingerprint density at radius 2 is 1.75 bits per heavy atom. The Morgan fingerprint density at radius 1 is 1.05 bits per heavy atom. The molecule has 0 heterocycles. The van der Waals surface area contributed by atoms with Gasteiger partial charge in [-0.05, 0) is 49.1 Å². The van der Waals surface area contributed by atoms with Crippen molar-refractivity contribution in [2.45, 2.75) is 33.6 Å². The van der Waals surface area contributed by atoms with E-state index in [0.717, 1.165) is 23.2 Å². The van der Waals surface area contributed by atoms with Crippen molar-refractivity contribution in [1.82, 2.24) is 0 Å². The summed E-state index contributed by atoms with van der Waals surface area (Å²) in [5.74, 6) is 0.0305. The molecule has 0 bridgehead atoms. The number of aryl methyl sites for hydroxylation is 3. The molecular formula is C18H21NO. The minimum atomic E-state index is 0.0305. The van der Waals surface area contributed by atoms with Gasteiger partial charge in [0, 0.05) is 5.69 Å². The maximum absolute atomic E-state index is 12.1. The van der Waals surface area contributed by atoms with Crippen LogP contribution in [0.2, 0.25) is 0 Å². The second-order valence-electron chi connectivity index (χ2n) is 5.21. The van der Waals surface area contributed by atoms with Gasteiger partial charge in [0.1, 0.15) is 0 Å². The Bertz CT molecular complexity index is 599. The molecule has 0 saturated carbocycles. The first-order valence-electron chi connectivity index (χ1n) is 7.03. The number of benzene rings is 2. The summed E-state index contributed by atoms with van der Waals surface area (Å²) in [4.78, 5) is 12.1. The van der Waals surface area contributed by atoms with Crippen molar-refractivity contribution in [3.05, 3.63) is 64.7 Å². The summed E-state index contributed by atoms with van der Waals surface area (Å²) in [6.07, 6.45) is 1.43. The highest BCUT2D eigenvalue weighted by Gasteiger charge is 2.06. The zero-order valence-corrected chi connectivity index (χ0v) is 12.4. The maximum atomic E-state index is 12.1. The quantitative estimate of drug-likeness (QED) is 0.889. The van der Waals surface area contributed by atoms with Gasteiger partial charge in [0.25, 0.3) is 0 Å². The summed E-state index contributed by atoms with van der Waals surface area (Å²) in [7, 11) is 0. The molecule has 2 aromatic rings. The largest absolute Gasteiger partial charge is 0.326 e. The summed E-state index contributed by atoms with van der Waals surface area (Å²) in [6, 6.07) is 14.2. The molecule has 0 fully saturated rings. The number of amides is 1. The fourth-order valence-corrected chi connectivity index (χ4v) is 2.19. The molecule has 1 N–H and O–H groups in total. The van der Waals surface area contributed by atoms with Gasteiger partial charge in [-0.25, -0.2) is 0 Å². The molecule has 0 spiro atoms. The van der Waals surface area contributed by atoms with Crippen molar-refractivity contribution in [3.8, 4) is 0 Å². The normalized spacial score (nSPS) is 10.3. The summed E-state index contributed by atoms with van der Waals surface area (Å²) in [6.45, 7) is 6.20. The molecule has 0 atom stereocenters. The van der Waals surface area contributed by atoms with Crippen LogP contribution < -0.4 is 5.32 Å². The van der Waals surface area contributed by atoms with Crippen LogP contribution in [0.5, 0.6) is 0 Å². The van der Waals surface area contributed by atoms with Gasteiger partial charge in [-0.2, -0.15) is 0 Å². The van der Waals surface area contributed by atoms with Crippen molar-refractivity contribution >= 4 is 11.6 Å². The third-order valence-corrected chi connectivity index (χ3v) is 3.50. The Hall–Kier alpha value is -2.09. The Morgan fingerprint density at radius 3 is 2.40 bits per heavy atom. The van der Waals surface area contributed by atoms with Crippen LogP contribution in [-0.4, -0.2) is 5.91 Å². The average molecular weight is 267 g/mol. The van der Waals surface area contributed by atoms with Gasteiger partial charge in [0.05, 0.1) is 6.42 Å². The Kier molecular flexibility index (Phi) is 4.57. The molecule has 2 nitrogen and oxygen atoms in total. The number of carbonyl (C=O) groups is 1. The van der Waals surface area contributed by atoms with Gasteiger partial charge in [-0.15, -0.1) is 0 Å². The van der Waals surface area contributed by atoms with Crippen molar-refractivity contribution in [2.24, 2.45) is 0 Å². The molecule has 0 aromatic heterocycles. The van der Waals surface area contributed by atoms with Crippen LogP contribution in [0.3, 0.4) is 0 Å². The molecule has 2 aromatic carbocycles. The third kappa shape index (κ3) is 3.70. The van der Waals surface area contributed by atoms with Crippen LogP contribution in [0.4, 0.5) is 5.69 Å². The second-order valence-corrected chi connectivity index (χ2v) is 5.21. The van der Waals surface area contributed by atoms with Crippen molar-refractivity contribution in [2.75, 3.05) is 5.32 Å². The van der Waals surface area contributed by atoms with Gasteiger partial charge in [-0.1, -0.05) is 42.8 Å². The van der Waals surface area contributed by atoms with E-state index < -0.39 is 0 Å². The van der Waals surface area contributed by atoms with E-state index >= 15 is 0 Å². The maximum Gasteiger partial charge on any atom is 0.228 e. The number of nitrogens with one attached hydrogen (secondary N) is 1. The number of carbonyl (C=O) groups excluding carboxylic acids is 1. The van der Waals surface area contributed by atoms with Crippen molar-refractivity contribution in [1.29, 1.82) is 0 Å². The molecule has 0 radical (unpaired) electrons.